The molecule has 0 N–H and O–H groups in total. The highest BCUT2D eigenvalue weighted by molar-refractivity contribution is 5.99. The molecule has 0 fully saturated rings. The van der Waals surface area contributed by atoms with Crippen molar-refractivity contribution < 1.29 is 4.79 Å². The third-order valence-electron chi connectivity index (χ3n) is 2.76. The molecule has 0 aliphatic heterocycles. The van der Waals surface area contributed by atoms with Crippen LogP contribution >= 0.6 is 0 Å². The molecule has 0 saturated carbocycles. The second-order valence-electron chi connectivity index (χ2n) is 4.11. The van der Waals surface area contributed by atoms with Gasteiger partial charge in [0.05, 0.1) is 23.6 Å². The summed E-state index contributed by atoms with van der Waals surface area (Å²) in [6.45, 7) is 1.94. The summed E-state index contributed by atoms with van der Waals surface area (Å²) in [5.74, 6) is -0.159. The number of carbonyl (C=O) groups excluding carboxylic acids is 1. The summed E-state index contributed by atoms with van der Waals surface area (Å²) in [7, 11) is 0. The summed E-state index contributed by atoms with van der Waals surface area (Å²) in [6, 6.07) is 5.57. The molecule has 2 heterocycles. The summed E-state index contributed by atoms with van der Waals surface area (Å²) >= 11 is 0. The fourth-order valence-corrected chi connectivity index (χ4v) is 1.85. The molecule has 0 bridgehead atoms. The largest absolute Gasteiger partial charge is 0.272 e. The van der Waals surface area contributed by atoms with Gasteiger partial charge in [-0.1, -0.05) is 11.6 Å². The van der Waals surface area contributed by atoms with Crippen molar-refractivity contribution in [3.63, 3.8) is 0 Å². The average molecular weight is 253 g/mol. The molecule has 0 radical (unpaired) electrons. The number of imidazole rings is 1. The van der Waals surface area contributed by atoms with E-state index in [0.29, 0.717) is 11.3 Å². The highest BCUT2D eigenvalue weighted by Crippen LogP contribution is 2.16. The molecule has 0 amide bonds. The molecule has 0 aliphatic carbocycles. The molecule has 0 aliphatic rings. The fourth-order valence-electron chi connectivity index (χ4n) is 1.85. The zero-order chi connectivity index (χ0) is 13.2. The maximum atomic E-state index is 12.4. The van der Waals surface area contributed by atoms with Crippen molar-refractivity contribution in [2.45, 2.75) is 6.92 Å². The van der Waals surface area contributed by atoms with Crippen molar-refractivity contribution in [1.29, 1.82) is 0 Å². The molecule has 0 saturated heterocycles. The minimum absolute atomic E-state index is 0.159. The van der Waals surface area contributed by atoms with Crippen LogP contribution in [0.3, 0.4) is 0 Å². The van der Waals surface area contributed by atoms with Crippen LogP contribution in [0.5, 0.6) is 0 Å². The number of nitrogens with zero attached hydrogens (tertiary/aromatic N) is 5. The second-order valence-corrected chi connectivity index (χ2v) is 4.11. The van der Waals surface area contributed by atoms with E-state index >= 15 is 0 Å². The SMILES string of the molecule is Cc1ccc(-n2nccn2)c(C(=O)n2ccnc2)c1. The molecule has 1 aromatic carbocycles. The van der Waals surface area contributed by atoms with Crippen LogP contribution in [0.2, 0.25) is 0 Å². The topological polar surface area (TPSA) is 65.6 Å². The Morgan fingerprint density at radius 3 is 2.63 bits per heavy atom. The van der Waals surface area contributed by atoms with Gasteiger partial charge in [0.25, 0.3) is 5.91 Å². The minimum Gasteiger partial charge on any atom is -0.272 e. The molecule has 19 heavy (non-hydrogen) atoms. The smallest absolute Gasteiger partial charge is 0.265 e. The Morgan fingerprint density at radius 1 is 1.16 bits per heavy atom. The minimum atomic E-state index is -0.159. The van der Waals surface area contributed by atoms with Gasteiger partial charge in [-0.05, 0) is 19.1 Å². The van der Waals surface area contributed by atoms with Gasteiger partial charge >= 0.3 is 0 Å². The van der Waals surface area contributed by atoms with Crippen LogP contribution in [0.1, 0.15) is 15.9 Å². The summed E-state index contributed by atoms with van der Waals surface area (Å²) < 4.78 is 1.43. The molecule has 0 unspecified atom stereocenters. The predicted octanol–water partition coefficient (Wildman–Crippen LogP) is 1.46. The second kappa shape index (κ2) is 4.49. The first-order chi connectivity index (χ1) is 9.25. The third-order valence-corrected chi connectivity index (χ3v) is 2.76. The van der Waals surface area contributed by atoms with Crippen molar-refractivity contribution in [3.05, 3.63) is 60.4 Å². The number of benzene rings is 1. The Labute approximate surface area is 109 Å². The molecular formula is C13H11N5O. The van der Waals surface area contributed by atoms with Crippen LogP contribution < -0.4 is 0 Å². The molecule has 6 heteroatoms. The standard InChI is InChI=1S/C13H11N5O/c1-10-2-3-12(18-15-4-5-16-18)11(8-10)13(19)17-7-6-14-9-17/h2-9H,1H3. The van der Waals surface area contributed by atoms with Crippen molar-refractivity contribution in [3.8, 4) is 5.69 Å². The Kier molecular flexibility index (Phi) is 2.68. The summed E-state index contributed by atoms with van der Waals surface area (Å²) in [5, 5.41) is 8.14. The van der Waals surface area contributed by atoms with Gasteiger partial charge in [-0.15, -0.1) is 0 Å². The zero-order valence-corrected chi connectivity index (χ0v) is 10.3. The van der Waals surface area contributed by atoms with Crippen LogP contribution in [0.15, 0.2) is 49.3 Å². The van der Waals surface area contributed by atoms with Crippen LogP contribution in [0.25, 0.3) is 5.69 Å². The van der Waals surface area contributed by atoms with Gasteiger partial charge in [0.15, 0.2) is 0 Å². The molecule has 3 aromatic rings. The Morgan fingerprint density at radius 2 is 1.95 bits per heavy atom. The van der Waals surface area contributed by atoms with Gasteiger partial charge in [0, 0.05) is 12.4 Å². The number of hydrogen-bond acceptors (Lipinski definition) is 4. The van der Waals surface area contributed by atoms with Gasteiger partial charge in [-0.25, -0.2) is 4.98 Å². The first-order valence-electron chi connectivity index (χ1n) is 5.76. The van der Waals surface area contributed by atoms with Gasteiger partial charge in [-0.3, -0.25) is 9.36 Å². The molecular weight excluding hydrogens is 242 g/mol. The van der Waals surface area contributed by atoms with Gasteiger partial charge in [-0.2, -0.15) is 15.0 Å². The average Bonchev–Trinajstić information content (AvgIpc) is 3.11. The Bertz CT molecular complexity index is 701. The normalized spacial score (nSPS) is 10.6. The van der Waals surface area contributed by atoms with E-state index < -0.39 is 0 Å². The number of carbonyl (C=O) groups is 1. The lowest BCUT2D eigenvalue weighted by Crippen LogP contribution is -2.14. The highest BCUT2D eigenvalue weighted by atomic mass is 16.2. The maximum Gasteiger partial charge on any atom is 0.265 e. The zero-order valence-electron chi connectivity index (χ0n) is 10.3. The third kappa shape index (κ3) is 2.03. The first-order valence-corrected chi connectivity index (χ1v) is 5.76. The predicted molar refractivity (Wildman–Crippen MR) is 68.1 cm³/mol. The quantitative estimate of drug-likeness (QED) is 0.693. The number of hydrogen-bond donors (Lipinski definition) is 0. The van der Waals surface area contributed by atoms with Crippen LogP contribution in [0, 0.1) is 6.92 Å². The van der Waals surface area contributed by atoms with E-state index in [2.05, 4.69) is 15.2 Å². The monoisotopic (exact) mass is 253 g/mol. The van der Waals surface area contributed by atoms with Crippen molar-refractivity contribution in [1.82, 2.24) is 24.5 Å². The maximum absolute atomic E-state index is 12.4. The molecule has 0 atom stereocenters. The van der Waals surface area contributed by atoms with Crippen molar-refractivity contribution in [2.75, 3.05) is 0 Å². The van der Waals surface area contributed by atoms with Crippen LogP contribution in [-0.4, -0.2) is 30.5 Å². The van der Waals surface area contributed by atoms with E-state index in [9.17, 15) is 4.79 Å². The summed E-state index contributed by atoms with van der Waals surface area (Å²) in [4.78, 5) is 17.8. The van der Waals surface area contributed by atoms with Gasteiger partial charge < -0.3 is 0 Å². The Balaban J connectivity index is 2.14. The fraction of sp³-hybridized carbons (Fsp3) is 0.0769. The first kappa shape index (κ1) is 11.3. The molecule has 94 valence electrons. The summed E-state index contributed by atoms with van der Waals surface area (Å²) in [6.07, 6.45) is 7.81. The summed E-state index contributed by atoms with van der Waals surface area (Å²) in [5.41, 5.74) is 2.18. The van der Waals surface area contributed by atoms with Gasteiger partial charge in [0.1, 0.15) is 6.33 Å². The number of aryl methyl sites for hydroxylation is 1. The molecule has 2 aromatic heterocycles. The van der Waals surface area contributed by atoms with Crippen molar-refractivity contribution in [2.24, 2.45) is 0 Å². The van der Waals surface area contributed by atoms with E-state index in [1.807, 2.05) is 25.1 Å². The van der Waals surface area contributed by atoms with E-state index in [1.165, 1.54) is 15.7 Å². The Hall–Kier alpha value is -2.76. The van der Waals surface area contributed by atoms with E-state index in [4.69, 9.17) is 0 Å². The highest BCUT2D eigenvalue weighted by Gasteiger charge is 2.15. The molecule has 3 rings (SSSR count). The van der Waals surface area contributed by atoms with Gasteiger partial charge in [0.2, 0.25) is 0 Å². The van der Waals surface area contributed by atoms with Crippen LogP contribution in [-0.2, 0) is 0 Å². The lowest BCUT2D eigenvalue weighted by molar-refractivity contribution is 0.0959. The van der Waals surface area contributed by atoms with Crippen LogP contribution in [0.4, 0.5) is 0 Å². The number of rotatable bonds is 2. The van der Waals surface area contributed by atoms with E-state index in [1.54, 1.807) is 24.8 Å². The molecule has 0 spiro atoms. The lowest BCUT2D eigenvalue weighted by Gasteiger charge is -2.09. The van der Waals surface area contributed by atoms with E-state index in [0.717, 1.165) is 5.56 Å². The lowest BCUT2D eigenvalue weighted by atomic mass is 10.1. The van der Waals surface area contributed by atoms with Crippen molar-refractivity contribution >= 4 is 5.91 Å². The number of aromatic nitrogens is 5. The van der Waals surface area contributed by atoms with E-state index in [-0.39, 0.29) is 5.91 Å². The molecule has 6 nitrogen and oxygen atoms in total.